The minimum atomic E-state index is 1.18. The second kappa shape index (κ2) is 7.24. The van der Waals surface area contributed by atoms with Crippen molar-refractivity contribution in [3.8, 4) is 16.8 Å². The van der Waals surface area contributed by atoms with Crippen LogP contribution in [0, 0.1) is 0 Å². The van der Waals surface area contributed by atoms with E-state index < -0.39 is 0 Å². The monoisotopic (exact) mass is 482 g/mol. The summed E-state index contributed by atoms with van der Waals surface area (Å²) in [5.74, 6) is 0. The lowest BCUT2D eigenvalue weighted by Gasteiger charge is -2.10. The van der Waals surface area contributed by atoms with Crippen molar-refractivity contribution >= 4 is 65.2 Å². The molecule has 7 aromatic carbocycles. The average Bonchev–Trinajstić information content (AvgIpc) is 3.53. The van der Waals surface area contributed by atoms with Crippen molar-refractivity contribution in [1.29, 1.82) is 0 Å². The maximum absolute atomic E-state index is 3.77. The molecule has 9 aromatic rings. The Hall–Kier alpha value is -5.08. The van der Waals surface area contributed by atoms with Crippen molar-refractivity contribution in [2.75, 3.05) is 0 Å². The molecule has 2 aromatic heterocycles. The minimum Gasteiger partial charge on any atom is -0.354 e. The molecule has 0 bridgehead atoms. The first kappa shape index (κ1) is 20.0. The van der Waals surface area contributed by atoms with Crippen LogP contribution in [0.2, 0.25) is 0 Å². The van der Waals surface area contributed by atoms with Crippen LogP contribution in [0.5, 0.6) is 0 Å². The van der Waals surface area contributed by atoms with Crippen molar-refractivity contribution < 1.29 is 0 Å². The normalized spacial score (nSPS) is 12.2. The molecule has 0 atom stereocenters. The van der Waals surface area contributed by atoms with Crippen LogP contribution in [0.15, 0.2) is 127 Å². The highest BCUT2D eigenvalue weighted by atomic mass is 15.0. The van der Waals surface area contributed by atoms with Gasteiger partial charge >= 0.3 is 0 Å². The van der Waals surface area contributed by atoms with Crippen LogP contribution in [0.4, 0.5) is 0 Å². The fourth-order valence-corrected chi connectivity index (χ4v) is 6.70. The summed E-state index contributed by atoms with van der Waals surface area (Å²) in [6, 6.07) is 46.3. The Balaban J connectivity index is 1.46. The highest BCUT2D eigenvalue weighted by molar-refractivity contribution is 6.38. The Morgan fingerprint density at radius 1 is 0.421 bits per heavy atom. The van der Waals surface area contributed by atoms with Gasteiger partial charge < -0.3 is 9.55 Å². The molecule has 38 heavy (non-hydrogen) atoms. The third-order valence-electron chi connectivity index (χ3n) is 8.27. The standard InChI is InChI=1S/C36H22N2/c1-2-9-22(10-3-1)23-11-6-12-24(21-23)38-31-17-7-14-26-27-19-20-28-25-13-4-5-16-30(25)37-36(28)33(27)29-15-8-18-32(38)35(29)34(26)31/h1-21,37H. The van der Waals surface area contributed by atoms with Crippen LogP contribution >= 0.6 is 0 Å². The number of aromatic amines is 1. The molecule has 0 aliphatic carbocycles. The summed E-state index contributed by atoms with van der Waals surface area (Å²) in [6.07, 6.45) is 0. The Bertz CT molecular complexity index is 2330. The third-order valence-corrected chi connectivity index (χ3v) is 8.27. The molecule has 0 radical (unpaired) electrons. The van der Waals surface area contributed by atoms with E-state index in [0.717, 1.165) is 0 Å². The molecule has 0 fully saturated rings. The number of benzene rings is 7. The highest BCUT2D eigenvalue weighted by Crippen LogP contribution is 2.46. The number of aromatic nitrogens is 2. The van der Waals surface area contributed by atoms with Crippen molar-refractivity contribution in [2.45, 2.75) is 0 Å². The van der Waals surface area contributed by atoms with Crippen LogP contribution in [0.3, 0.4) is 0 Å². The number of nitrogens with one attached hydrogen (secondary N) is 1. The zero-order valence-corrected chi connectivity index (χ0v) is 20.6. The molecule has 0 saturated heterocycles. The van der Waals surface area contributed by atoms with Crippen molar-refractivity contribution in [3.63, 3.8) is 0 Å². The van der Waals surface area contributed by atoms with E-state index in [1.807, 2.05) is 0 Å². The predicted octanol–water partition coefficient (Wildman–Crippen LogP) is 9.83. The third kappa shape index (κ3) is 2.51. The average molecular weight is 483 g/mol. The minimum absolute atomic E-state index is 1.18. The van der Waals surface area contributed by atoms with Crippen molar-refractivity contribution in [2.24, 2.45) is 0 Å². The molecule has 0 amide bonds. The van der Waals surface area contributed by atoms with E-state index in [1.54, 1.807) is 0 Å². The van der Waals surface area contributed by atoms with Gasteiger partial charge in [0.05, 0.1) is 16.6 Å². The molecule has 0 saturated carbocycles. The Labute approximate surface area is 218 Å². The topological polar surface area (TPSA) is 20.7 Å². The lowest BCUT2D eigenvalue weighted by atomic mass is 9.93. The van der Waals surface area contributed by atoms with Gasteiger partial charge in [0.15, 0.2) is 0 Å². The molecule has 0 spiro atoms. The first-order valence-electron chi connectivity index (χ1n) is 13.1. The van der Waals surface area contributed by atoms with E-state index in [9.17, 15) is 0 Å². The molecular formula is C36H22N2. The predicted molar refractivity (Wildman–Crippen MR) is 162 cm³/mol. The van der Waals surface area contributed by atoms with Gasteiger partial charge in [0.2, 0.25) is 0 Å². The first-order valence-corrected chi connectivity index (χ1v) is 13.1. The SMILES string of the molecule is c1ccc(-c2cccc(-n3c4cccc5c6ccc7c8ccccc8[nH]c7c6c6cccc3c6c54)c2)cc1. The fraction of sp³-hybridized carbons (Fsp3) is 0. The summed E-state index contributed by atoms with van der Waals surface area (Å²) < 4.78 is 2.44. The number of H-pyrrole nitrogens is 1. The van der Waals surface area contributed by atoms with Gasteiger partial charge in [0.1, 0.15) is 0 Å². The quantitative estimate of drug-likeness (QED) is 0.237. The Kier molecular flexibility index (Phi) is 3.82. The summed E-state index contributed by atoms with van der Waals surface area (Å²) >= 11 is 0. The molecule has 0 unspecified atom stereocenters. The van der Waals surface area contributed by atoms with Gasteiger partial charge in [-0.2, -0.15) is 0 Å². The summed E-state index contributed by atoms with van der Waals surface area (Å²) in [7, 11) is 0. The highest BCUT2D eigenvalue weighted by Gasteiger charge is 2.21. The largest absolute Gasteiger partial charge is 0.354 e. The van der Waals surface area contributed by atoms with E-state index in [1.165, 1.54) is 82.0 Å². The second-order valence-electron chi connectivity index (χ2n) is 10.2. The van der Waals surface area contributed by atoms with Gasteiger partial charge in [-0.15, -0.1) is 0 Å². The van der Waals surface area contributed by atoms with E-state index in [0.29, 0.717) is 0 Å². The molecule has 2 heteroatoms. The van der Waals surface area contributed by atoms with Crippen LogP contribution in [-0.4, -0.2) is 9.55 Å². The van der Waals surface area contributed by atoms with Crippen LogP contribution in [0.25, 0.3) is 82.0 Å². The summed E-state index contributed by atoms with van der Waals surface area (Å²) in [5.41, 5.74) is 8.53. The summed E-state index contributed by atoms with van der Waals surface area (Å²) in [6.45, 7) is 0. The smallest absolute Gasteiger partial charge is 0.0551 e. The lowest BCUT2D eigenvalue weighted by molar-refractivity contribution is 1.18. The molecule has 176 valence electrons. The van der Waals surface area contributed by atoms with Gasteiger partial charge in [-0.05, 0) is 57.6 Å². The molecule has 0 aliphatic heterocycles. The van der Waals surface area contributed by atoms with E-state index >= 15 is 0 Å². The maximum atomic E-state index is 3.77. The molecule has 2 nitrogen and oxygen atoms in total. The summed E-state index contributed by atoms with van der Waals surface area (Å²) in [5, 5.41) is 10.4. The van der Waals surface area contributed by atoms with E-state index in [4.69, 9.17) is 0 Å². The van der Waals surface area contributed by atoms with Crippen molar-refractivity contribution in [3.05, 3.63) is 127 Å². The Morgan fingerprint density at radius 2 is 1.05 bits per heavy atom. The van der Waals surface area contributed by atoms with Crippen LogP contribution in [0.1, 0.15) is 0 Å². The van der Waals surface area contributed by atoms with E-state index in [-0.39, 0.29) is 0 Å². The molecule has 1 N–H and O–H groups in total. The molecular weight excluding hydrogens is 460 g/mol. The van der Waals surface area contributed by atoms with Gasteiger partial charge in [-0.25, -0.2) is 0 Å². The van der Waals surface area contributed by atoms with Crippen LogP contribution < -0.4 is 0 Å². The van der Waals surface area contributed by atoms with Gasteiger partial charge in [-0.1, -0.05) is 97.1 Å². The van der Waals surface area contributed by atoms with Crippen LogP contribution in [-0.2, 0) is 0 Å². The maximum Gasteiger partial charge on any atom is 0.0551 e. The molecule has 0 aliphatic rings. The number of rotatable bonds is 2. The van der Waals surface area contributed by atoms with Gasteiger partial charge in [0.25, 0.3) is 0 Å². The van der Waals surface area contributed by atoms with Gasteiger partial charge in [-0.3, -0.25) is 0 Å². The molecule has 2 heterocycles. The number of nitrogens with zero attached hydrogens (tertiary/aromatic N) is 1. The zero-order valence-electron chi connectivity index (χ0n) is 20.6. The number of para-hydroxylation sites is 1. The second-order valence-corrected chi connectivity index (χ2v) is 10.2. The number of hydrogen-bond donors (Lipinski definition) is 1. The van der Waals surface area contributed by atoms with Gasteiger partial charge in [0, 0.05) is 38.1 Å². The summed E-state index contributed by atoms with van der Waals surface area (Å²) in [4.78, 5) is 3.77. The zero-order chi connectivity index (χ0) is 24.8. The molecule has 9 rings (SSSR count). The number of fused-ring (bicyclic) bond motifs is 7. The first-order chi connectivity index (χ1) is 18.9. The number of hydrogen-bond acceptors (Lipinski definition) is 0. The van der Waals surface area contributed by atoms with E-state index in [2.05, 4.69) is 137 Å². The lowest BCUT2D eigenvalue weighted by Crippen LogP contribution is -1.94. The Morgan fingerprint density at radius 3 is 1.92 bits per heavy atom. The fourth-order valence-electron chi connectivity index (χ4n) is 6.70. The van der Waals surface area contributed by atoms with Crippen molar-refractivity contribution in [1.82, 2.24) is 9.55 Å².